The predicted octanol–water partition coefficient (Wildman–Crippen LogP) is 4.41. The van der Waals surface area contributed by atoms with Crippen LogP contribution in [-0.4, -0.2) is 55.8 Å². The normalized spacial score (nSPS) is 19.8. The number of carbonyl (C=O) groups excluding carboxylic acids is 3. The van der Waals surface area contributed by atoms with E-state index in [4.69, 9.17) is 23.7 Å². The van der Waals surface area contributed by atoms with E-state index in [1.165, 1.54) is 13.2 Å². The van der Waals surface area contributed by atoms with Crippen LogP contribution < -0.4 is 9.64 Å². The molecule has 0 bridgehead atoms. The van der Waals surface area contributed by atoms with Crippen LogP contribution in [0.5, 0.6) is 5.75 Å². The predicted molar refractivity (Wildman–Crippen MR) is 115 cm³/mol. The average molecular weight is 450 g/mol. The fourth-order valence-corrected chi connectivity index (χ4v) is 3.74. The Labute approximate surface area is 187 Å². The Kier molecular flexibility index (Phi) is 6.42. The Hall–Kier alpha value is -2.81. The van der Waals surface area contributed by atoms with Gasteiger partial charge in [-0.1, -0.05) is 6.07 Å². The summed E-state index contributed by atoms with van der Waals surface area (Å²) in [7, 11) is 1.22. The van der Waals surface area contributed by atoms with Crippen molar-refractivity contribution in [2.45, 2.75) is 71.2 Å². The van der Waals surface area contributed by atoms with Crippen molar-refractivity contribution < 1.29 is 38.1 Å². The van der Waals surface area contributed by atoms with Gasteiger partial charge in [-0.2, -0.15) is 4.90 Å². The lowest BCUT2D eigenvalue weighted by Crippen LogP contribution is -2.44. The van der Waals surface area contributed by atoms with Crippen LogP contribution in [0.25, 0.3) is 0 Å². The number of esters is 1. The molecule has 1 aromatic carbocycles. The fraction of sp³-hybridized carbons (Fsp3) is 0.609. The molecule has 2 aliphatic rings. The molecular formula is C23H31NO8. The van der Waals surface area contributed by atoms with E-state index >= 15 is 0 Å². The molecule has 1 fully saturated rings. The van der Waals surface area contributed by atoms with Gasteiger partial charge in [-0.3, -0.25) is 0 Å². The van der Waals surface area contributed by atoms with Gasteiger partial charge < -0.3 is 23.7 Å². The lowest BCUT2D eigenvalue weighted by Gasteiger charge is -2.32. The Morgan fingerprint density at radius 1 is 1.00 bits per heavy atom. The number of nitrogens with zero attached hydrogens (tertiary/aromatic N) is 1. The number of anilines is 1. The Morgan fingerprint density at radius 2 is 1.59 bits per heavy atom. The number of imide groups is 1. The van der Waals surface area contributed by atoms with Gasteiger partial charge in [0.15, 0.2) is 0 Å². The molecule has 0 aromatic heterocycles. The van der Waals surface area contributed by atoms with Crippen molar-refractivity contribution in [3.8, 4) is 5.75 Å². The van der Waals surface area contributed by atoms with Gasteiger partial charge in [0.05, 0.1) is 18.9 Å². The van der Waals surface area contributed by atoms with Gasteiger partial charge >= 0.3 is 18.2 Å². The summed E-state index contributed by atoms with van der Waals surface area (Å²) in [4.78, 5) is 39.7. The van der Waals surface area contributed by atoms with E-state index in [0.29, 0.717) is 11.5 Å². The molecule has 0 spiro atoms. The average Bonchev–Trinajstić information content (AvgIpc) is 3.13. The molecule has 2 atom stereocenters. The van der Waals surface area contributed by atoms with Crippen molar-refractivity contribution in [2.24, 2.45) is 0 Å². The Bertz CT molecular complexity index is 884. The first-order valence-electron chi connectivity index (χ1n) is 10.6. The first-order valence-corrected chi connectivity index (χ1v) is 10.6. The van der Waals surface area contributed by atoms with Gasteiger partial charge in [-0.15, -0.1) is 0 Å². The van der Waals surface area contributed by atoms with Crippen LogP contribution in [-0.2, 0) is 18.9 Å². The highest BCUT2D eigenvalue weighted by atomic mass is 16.6. The third-order valence-corrected chi connectivity index (χ3v) is 4.95. The lowest BCUT2D eigenvalue weighted by atomic mass is 9.88. The number of hydrogen-bond donors (Lipinski definition) is 0. The van der Waals surface area contributed by atoms with Gasteiger partial charge in [0.25, 0.3) is 0 Å². The Morgan fingerprint density at radius 3 is 2.12 bits per heavy atom. The number of ether oxygens (including phenoxy) is 5. The minimum atomic E-state index is -0.977. The fourth-order valence-electron chi connectivity index (χ4n) is 3.74. The molecule has 0 aliphatic carbocycles. The second-order valence-electron chi connectivity index (χ2n) is 9.78. The summed E-state index contributed by atoms with van der Waals surface area (Å²) in [6.45, 7) is 10.9. The van der Waals surface area contributed by atoms with Crippen LogP contribution in [0.2, 0.25) is 0 Å². The molecule has 1 saturated heterocycles. The molecule has 9 heteroatoms. The maximum absolute atomic E-state index is 13.1. The molecule has 0 radical (unpaired) electrons. The first kappa shape index (κ1) is 23.8. The van der Waals surface area contributed by atoms with Crippen LogP contribution >= 0.6 is 0 Å². The highest BCUT2D eigenvalue weighted by molar-refractivity contribution is 6.14. The molecule has 0 unspecified atom stereocenters. The van der Waals surface area contributed by atoms with Crippen molar-refractivity contribution >= 4 is 23.8 Å². The number of methoxy groups -OCH3 is 1. The van der Waals surface area contributed by atoms with Crippen molar-refractivity contribution in [3.63, 3.8) is 0 Å². The van der Waals surface area contributed by atoms with E-state index in [1.54, 1.807) is 47.6 Å². The number of fused-ring (bicyclic) bond motifs is 3. The van der Waals surface area contributed by atoms with Crippen LogP contribution in [0.15, 0.2) is 12.1 Å². The van der Waals surface area contributed by atoms with Crippen LogP contribution in [0.1, 0.15) is 69.8 Å². The molecule has 176 valence electrons. The summed E-state index contributed by atoms with van der Waals surface area (Å²) >= 11 is 0. The summed E-state index contributed by atoms with van der Waals surface area (Å²) in [5, 5.41) is 0. The van der Waals surface area contributed by atoms with E-state index in [-0.39, 0.29) is 35.6 Å². The van der Waals surface area contributed by atoms with Crippen LogP contribution in [0.3, 0.4) is 0 Å². The highest BCUT2D eigenvalue weighted by Gasteiger charge is 2.42. The number of carbonyl (C=O) groups is 3. The largest absolute Gasteiger partial charge is 0.490 e. The summed E-state index contributed by atoms with van der Waals surface area (Å²) in [5.41, 5.74) is -1.07. The van der Waals surface area contributed by atoms with Crippen molar-refractivity contribution in [1.29, 1.82) is 0 Å². The molecule has 9 nitrogen and oxygen atoms in total. The SMILES string of the molecule is COC(=O)c1c(N(C(=O)OC(C)(C)C)C(=O)OC(C)(C)C)ccc2c1OC[C@H]1OCC[C@@H]21. The third kappa shape index (κ3) is 4.98. The maximum Gasteiger partial charge on any atom is 0.424 e. The summed E-state index contributed by atoms with van der Waals surface area (Å²) in [6, 6.07) is 3.26. The zero-order valence-electron chi connectivity index (χ0n) is 19.6. The van der Waals surface area contributed by atoms with Crippen molar-refractivity contribution in [1.82, 2.24) is 0 Å². The standard InChI is InChI=1S/C23H31NO8/c1-22(2,3)31-20(26)24(21(27)32-23(4,5)6)15-9-8-14-13-10-11-29-16(13)12-30-18(14)17(15)19(25)28-7/h8-9,13,16H,10-12H2,1-7H3/t13-,16+/m0/s1. The second kappa shape index (κ2) is 8.61. The van der Waals surface area contributed by atoms with Crippen LogP contribution in [0.4, 0.5) is 15.3 Å². The van der Waals surface area contributed by atoms with E-state index in [1.807, 2.05) is 0 Å². The quantitative estimate of drug-likeness (QED) is 0.483. The minimum absolute atomic E-state index is 0.0311. The summed E-state index contributed by atoms with van der Waals surface area (Å²) in [5.74, 6) is -0.419. The zero-order valence-corrected chi connectivity index (χ0v) is 19.6. The van der Waals surface area contributed by atoms with E-state index in [0.717, 1.165) is 12.0 Å². The smallest absolute Gasteiger partial charge is 0.424 e. The molecular weight excluding hydrogens is 418 g/mol. The molecule has 2 heterocycles. The van der Waals surface area contributed by atoms with Gasteiger partial charge in [0.2, 0.25) is 0 Å². The highest BCUT2D eigenvalue weighted by Crippen LogP contribution is 2.45. The van der Waals surface area contributed by atoms with Gasteiger partial charge in [-0.05, 0) is 54.0 Å². The molecule has 2 aliphatic heterocycles. The molecule has 32 heavy (non-hydrogen) atoms. The molecule has 0 saturated carbocycles. The monoisotopic (exact) mass is 449 g/mol. The molecule has 2 amide bonds. The second-order valence-corrected chi connectivity index (χ2v) is 9.78. The number of amides is 2. The zero-order chi connectivity index (χ0) is 23.8. The van der Waals surface area contributed by atoms with E-state index < -0.39 is 29.4 Å². The summed E-state index contributed by atoms with van der Waals surface area (Å²) < 4.78 is 27.5. The molecule has 1 aromatic rings. The van der Waals surface area contributed by atoms with E-state index in [9.17, 15) is 14.4 Å². The van der Waals surface area contributed by atoms with Gasteiger partial charge in [0.1, 0.15) is 29.1 Å². The van der Waals surface area contributed by atoms with Gasteiger partial charge in [0, 0.05) is 18.1 Å². The van der Waals surface area contributed by atoms with Crippen LogP contribution in [0, 0.1) is 0 Å². The van der Waals surface area contributed by atoms with Crippen molar-refractivity contribution in [2.75, 3.05) is 25.2 Å². The van der Waals surface area contributed by atoms with Gasteiger partial charge in [-0.25, -0.2) is 14.4 Å². The number of rotatable bonds is 2. The summed E-state index contributed by atoms with van der Waals surface area (Å²) in [6.07, 6.45) is -1.28. The third-order valence-electron chi connectivity index (χ3n) is 4.95. The topological polar surface area (TPSA) is 101 Å². The maximum atomic E-state index is 13.1. The van der Waals surface area contributed by atoms with E-state index in [2.05, 4.69) is 0 Å². The number of hydrogen-bond acceptors (Lipinski definition) is 8. The molecule has 3 rings (SSSR count). The number of benzene rings is 1. The minimum Gasteiger partial charge on any atom is -0.490 e. The molecule has 0 N–H and O–H groups in total. The first-order chi connectivity index (χ1) is 14.8. The van der Waals surface area contributed by atoms with Crippen molar-refractivity contribution in [3.05, 3.63) is 23.3 Å². The lowest BCUT2D eigenvalue weighted by molar-refractivity contribution is 0.0426. The Balaban J connectivity index is 2.15.